The minimum absolute atomic E-state index is 0.802. The van der Waals surface area contributed by atoms with E-state index in [9.17, 15) is 0 Å². The molecule has 0 bridgehead atoms. The van der Waals surface area contributed by atoms with Crippen LogP contribution in [-0.4, -0.2) is 23.7 Å². The van der Waals surface area contributed by atoms with E-state index in [4.69, 9.17) is 5.73 Å². The zero-order chi connectivity index (χ0) is 14.5. The second-order valence-corrected chi connectivity index (χ2v) is 6.85. The third-order valence-corrected chi connectivity index (χ3v) is 5.20. The van der Waals surface area contributed by atoms with Crippen LogP contribution in [0.3, 0.4) is 0 Å². The summed E-state index contributed by atoms with van der Waals surface area (Å²) in [5.74, 6) is 2.02. The van der Waals surface area contributed by atoms with Gasteiger partial charge in [0.25, 0.3) is 0 Å². The number of nitrogen functional groups attached to an aromatic ring is 1. The van der Waals surface area contributed by atoms with E-state index < -0.39 is 0 Å². The van der Waals surface area contributed by atoms with Crippen LogP contribution in [0.5, 0.6) is 0 Å². The molecule has 0 amide bonds. The Morgan fingerprint density at radius 2 is 1.95 bits per heavy atom. The van der Waals surface area contributed by atoms with Gasteiger partial charge < -0.3 is 5.73 Å². The number of hydrogen-bond donors (Lipinski definition) is 1. The maximum atomic E-state index is 5.85. The Labute approximate surface area is 131 Å². The Hall–Kier alpha value is -1.45. The predicted octanol–water partition coefficient (Wildman–Crippen LogP) is 3.88. The van der Waals surface area contributed by atoms with Crippen molar-refractivity contribution >= 4 is 17.4 Å². The number of anilines is 1. The molecular weight excluding hydrogens is 276 g/mol. The lowest BCUT2D eigenvalue weighted by atomic mass is 10.1. The van der Waals surface area contributed by atoms with Gasteiger partial charge in [-0.2, -0.15) is 0 Å². The summed E-state index contributed by atoms with van der Waals surface area (Å²) in [6.45, 7) is 3.43. The first-order valence-electron chi connectivity index (χ1n) is 7.54. The van der Waals surface area contributed by atoms with Crippen LogP contribution >= 0.6 is 11.8 Å². The number of nitrogens with two attached hydrogens (primary N) is 1. The highest BCUT2D eigenvalue weighted by atomic mass is 32.2. The van der Waals surface area contributed by atoms with Crippen LogP contribution in [0.2, 0.25) is 0 Å². The molecule has 0 radical (unpaired) electrons. The van der Waals surface area contributed by atoms with E-state index in [1.54, 1.807) is 0 Å². The maximum Gasteiger partial charge on any atom is 0.0317 e. The van der Waals surface area contributed by atoms with Crippen LogP contribution in [0.15, 0.2) is 59.5 Å². The normalized spacial score (nSPS) is 19.0. The van der Waals surface area contributed by atoms with Crippen molar-refractivity contribution in [3.8, 4) is 0 Å². The Morgan fingerprint density at radius 3 is 2.76 bits per heavy atom. The first kappa shape index (κ1) is 14.5. The fourth-order valence-corrected chi connectivity index (χ4v) is 3.92. The summed E-state index contributed by atoms with van der Waals surface area (Å²) in [6.07, 6.45) is 1.31. The van der Waals surface area contributed by atoms with Gasteiger partial charge >= 0.3 is 0 Å². The van der Waals surface area contributed by atoms with Crippen molar-refractivity contribution in [1.82, 2.24) is 4.90 Å². The summed E-state index contributed by atoms with van der Waals surface area (Å²) in [4.78, 5) is 3.93. The molecular formula is C18H22N2S. The fourth-order valence-electron chi connectivity index (χ4n) is 2.87. The minimum Gasteiger partial charge on any atom is -0.399 e. The lowest BCUT2D eigenvalue weighted by Gasteiger charge is -2.16. The van der Waals surface area contributed by atoms with Gasteiger partial charge in [-0.3, -0.25) is 4.90 Å². The van der Waals surface area contributed by atoms with E-state index in [1.165, 1.54) is 35.7 Å². The molecule has 3 rings (SSSR count). The standard InChI is InChI=1S/C18H22N2S/c19-17-6-4-5-15(11-17)12-20-10-9-16(13-20)14-21-18-7-2-1-3-8-18/h1-8,11,16H,9-10,12-14,19H2. The summed E-state index contributed by atoms with van der Waals surface area (Å²) >= 11 is 1.98. The van der Waals surface area contributed by atoms with Crippen molar-refractivity contribution in [2.24, 2.45) is 5.92 Å². The Morgan fingerprint density at radius 1 is 1.10 bits per heavy atom. The van der Waals surface area contributed by atoms with Gasteiger partial charge in [-0.05, 0) is 48.7 Å². The van der Waals surface area contributed by atoms with Crippen LogP contribution in [0.4, 0.5) is 5.69 Å². The first-order chi connectivity index (χ1) is 10.3. The van der Waals surface area contributed by atoms with Crippen LogP contribution in [0.1, 0.15) is 12.0 Å². The van der Waals surface area contributed by atoms with Crippen molar-refractivity contribution in [3.63, 3.8) is 0 Å². The highest BCUT2D eigenvalue weighted by Crippen LogP contribution is 2.26. The van der Waals surface area contributed by atoms with Crippen molar-refractivity contribution in [2.75, 3.05) is 24.6 Å². The molecule has 1 aliphatic heterocycles. The van der Waals surface area contributed by atoms with E-state index in [-0.39, 0.29) is 0 Å². The van der Waals surface area contributed by atoms with Crippen LogP contribution < -0.4 is 5.73 Å². The van der Waals surface area contributed by atoms with Crippen molar-refractivity contribution in [2.45, 2.75) is 17.9 Å². The minimum atomic E-state index is 0.802. The quantitative estimate of drug-likeness (QED) is 0.671. The van der Waals surface area contributed by atoms with E-state index in [1.807, 2.05) is 23.9 Å². The molecule has 2 nitrogen and oxygen atoms in total. The Bertz CT molecular complexity index is 570. The molecule has 2 aromatic rings. The lowest BCUT2D eigenvalue weighted by molar-refractivity contribution is 0.321. The molecule has 2 aromatic carbocycles. The van der Waals surface area contributed by atoms with Gasteiger partial charge in [0.05, 0.1) is 0 Å². The molecule has 0 spiro atoms. The van der Waals surface area contributed by atoms with Gasteiger partial charge in [0.1, 0.15) is 0 Å². The molecule has 1 aliphatic rings. The number of likely N-dealkylation sites (tertiary alicyclic amines) is 1. The molecule has 0 aliphatic carbocycles. The van der Waals surface area contributed by atoms with Gasteiger partial charge in [0.15, 0.2) is 0 Å². The van der Waals surface area contributed by atoms with Crippen LogP contribution in [-0.2, 0) is 6.54 Å². The molecule has 1 atom stereocenters. The van der Waals surface area contributed by atoms with Gasteiger partial charge in [-0.15, -0.1) is 11.8 Å². The number of thioether (sulfide) groups is 1. The molecule has 110 valence electrons. The molecule has 1 fully saturated rings. The van der Waals surface area contributed by atoms with Crippen molar-refractivity contribution < 1.29 is 0 Å². The number of rotatable bonds is 5. The number of benzene rings is 2. The van der Waals surface area contributed by atoms with E-state index in [0.717, 1.165) is 18.2 Å². The van der Waals surface area contributed by atoms with E-state index in [0.29, 0.717) is 0 Å². The maximum absolute atomic E-state index is 5.85. The van der Waals surface area contributed by atoms with Gasteiger partial charge in [0.2, 0.25) is 0 Å². The number of nitrogens with zero attached hydrogens (tertiary/aromatic N) is 1. The summed E-state index contributed by atoms with van der Waals surface area (Å²) in [6, 6.07) is 19.0. The van der Waals surface area contributed by atoms with Crippen LogP contribution in [0.25, 0.3) is 0 Å². The van der Waals surface area contributed by atoms with Crippen LogP contribution in [0, 0.1) is 5.92 Å². The highest BCUT2D eigenvalue weighted by Gasteiger charge is 2.22. The monoisotopic (exact) mass is 298 g/mol. The van der Waals surface area contributed by atoms with E-state index >= 15 is 0 Å². The SMILES string of the molecule is Nc1cccc(CN2CCC(CSc3ccccc3)C2)c1. The summed E-state index contributed by atoms with van der Waals surface area (Å²) in [5, 5.41) is 0. The first-order valence-corrected chi connectivity index (χ1v) is 8.53. The Balaban J connectivity index is 1.47. The second-order valence-electron chi connectivity index (χ2n) is 5.76. The smallest absolute Gasteiger partial charge is 0.0317 e. The average Bonchev–Trinajstić information content (AvgIpc) is 2.94. The number of hydrogen-bond acceptors (Lipinski definition) is 3. The van der Waals surface area contributed by atoms with Crippen molar-refractivity contribution in [1.29, 1.82) is 0 Å². The summed E-state index contributed by atoms with van der Waals surface area (Å²) in [7, 11) is 0. The van der Waals surface area contributed by atoms with Gasteiger partial charge in [-0.1, -0.05) is 30.3 Å². The third kappa shape index (κ3) is 4.26. The average molecular weight is 298 g/mol. The molecule has 0 saturated carbocycles. The highest BCUT2D eigenvalue weighted by molar-refractivity contribution is 7.99. The molecule has 1 heterocycles. The summed E-state index contributed by atoms with van der Waals surface area (Å²) < 4.78 is 0. The van der Waals surface area contributed by atoms with Crippen molar-refractivity contribution in [3.05, 3.63) is 60.2 Å². The molecule has 3 heteroatoms. The molecule has 2 N–H and O–H groups in total. The third-order valence-electron chi connectivity index (χ3n) is 3.96. The van der Waals surface area contributed by atoms with Gasteiger partial charge in [-0.25, -0.2) is 0 Å². The second kappa shape index (κ2) is 7.01. The Kier molecular flexibility index (Phi) is 4.84. The zero-order valence-corrected chi connectivity index (χ0v) is 13.1. The topological polar surface area (TPSA) is 29.3 Å². The largest absolute Gasteiger partial charge is 0.399 e. The molecule has 1 unspecified atom stereocenters. The molecule has 21 heavy (non-hydrogen) atoms. The summed E-state index contributed by atoms with van der Waals surface area (Å²) in [5.41, 5.74) is 8.04. The predicted molar refractivity (Wildman–Crippen MR) is 91.4 cm³/mol. The zero-order valence-electron chi connectivity index (χ0n) is 12.2. The lowest BCUT2D eigenvalue weighted by Crippen LogP contribution is -2.20. The molecule has 1 saturated heterocycles. The van der Waals surface area contributed by atoms with E-state index in [2.05, 4.69) is 47.4 Å². The van der Waals surface area contributed by atoms with Gasteiger partial charge in [0, 0.05) is 29.4 Å². The molecule has 0 aromatic heterocycles. The fraction of sp³-hybridized carbons (Fsp3) is 0.333.